The van der Waals surface area contributed by atoms with Gasteiger partial charge < -0.3 is 5.32 Å². The van der Waals surface area contributed by atoms with E-state index in [2.05, 4.69) is 16.3 Å². The molecule has 31 heavy (non-hydrogen) atoms. The van der Waals surface area contributed by atoms with Crippen LogP contribution in [0.2, 0.25) is 0 Å². The molecule has 6 nitrogen and oxygen atoms in total. The summed E-state index contributed by atoms with van der Waals surface area (Å²) in [5.74, 6) is 2.05. The number of carbonyl (C=O) groups is 1. The van der Waals surface area contributed by atoms with E-state index in [-0.39, 0.29) is 10.8 Å². The fraction of sp³-hybridized carbons (Fsp3) is 0.435. The number of amides is 1. The number of hydrogen-bond acceptors (Lipinski definition) is 5. The lowest BCUT2D eigenvalue weighted by Gasteiger charge is -2.27. The van der Waals surface area contributed by atoms with Crippen LogP contribution in [0.5, 0.6) is 0 Å². The molecule has 2 saturated heterocycles. The Labute approximate surface area is 189 Å². The maximum absolute atomic E-state index is 13.1. The van der Waals surface area contributed by atoms with Gasteiger partial charge in [-0.1, -0.05) is 30.3 Å². The van der Waals surface area contributed by atoms with Crippen molar-refractivity contribution >= 4 is 33.4 Å². The van der Waals surface area contributed by atoms with Gasteiger partial charge in [0, 0.05) is 43.4 Å². The van der Waals surface area contributed by atoms with Crippen molar-refractivity contribution in [2.24, 2.45) is 0 Å². The molecule has 2 aliphatic heterocycles. The lowest BCUT2D eigenvalue weighted by Crippen LogP contribution is -2.43. The smallest absolute Gasteiger partial charge is 0.243 e. The fourth-order valence-corrected chi connectivity index (χ4v) is 6.88. The highest BCUT2D eigenvalue weighted by atomic mass is 32.2. The van der Waals surface area contributed by atoms with Crippen LogP contribution in [0.25, 0.3) is 0 Å². The van der Waals surface area contributed by atoms with Crippen molar-refractivity contribution in [2.75, 3.05) is 36.5 Å². The Hall–Kier alpha value is -1.87. The third-order valence-corrected chi connectivity index (χ3v) is 8.92. The first-order valence-electron chi connectivity index (χ1n) is 10.7. The van der Waals surface area contributed by atoms with Crippen LogP contribution in [0.15, 0.2) is 53.4 Å². The summed E-state index contributed by atoms with van der Waals surface area (Å²) in [5, 5.41) is 3.02. The molecule has 1 N–H and O–H groups in total. The van der Waals surface area contributed by atoms with Crippen LogP contribution in [0, 0.1) is 6.92 Å². The molecule has 0 radical (unpaired) electrons. The third-order valence-electron chi connectivity index (χ3n) is 6.06. The Balaban J connectivity index is 1.49. The minimum Gasteiger partial charge on any atom is -0.324 e. The van der Waals surface area contributed by atoms with E-state index in [1.54, 1.807) is 30.3 Å². The number of nitrogens with zero attached hydrogens (tertiary/aromatic N) is 2. The van der Waals surface area contributed by atoms with Crippen molar-refractivity contribution in [3.63, 3.8) is 0 Å². The molecule has 0 aromatic heterocycles. The van der Waals surface area contributed by atoms with Gasteiger partial charge in [-0.3, -0.25) is 9.69 Å². The van der Waals surface area contributed by atoms with Crippen LogP contribution >= 0.6 is 11.8 Å². The van der Waals surface area contributed by atoms with Crippen LogP contribution in [-0.4, -0.2) is 60.7 Å². The van der Waals surface area contributed by atoms with Crippen LogP contribution < -0.4 is 5.32 Å². The summed E-state index contributed by atoms with van der Waals surface area (Å²) >= 11 is 1.99. The summed E-state index contributed by atoms with van der Waals surface area (Å²) in [5.41, 5.74) is 3.01. The quantitative estimate of drug-likeness (QED) is 0.718. The number of hydrogen-bond donors (Lipinski definition) is 1. The number of nitrogens with one attached hydrogen (secondary N) is 1. The lowest BCUT2D eigenvalue weighted by atomic mass is 10.1. The van der Waals surface area contributed by atoms with E-state index >= 15 is 0 Å². The fourth-order valence-electron chi connectivity index (χ4n) is 4.22. The van der Waals surface area contributed by atoms with E-state index < -0.39 is 16.1 Å². The van der Waals surface area contributed by atoms with E-state index in [9.17, 15) is 13.2 Å². The first kappa shape index (κ1) is 22.3. The Morgan fingerprint density at radius 1 is 1.06 bits per heavy atom. The maximum Gasteiger partial charge on any atom is 0.243 e. The van der Waals surface area contributed by atoms with Gasteiger partial charge in [0.15, 0.2) is 0 Å². The number of sulfonamides is 1. The minimum absolute atomic E-state index is 0.229. The van der Waals surface area contributed by atoms with Gasteiger partial charge in [-0.05, 0) is 49.1 Å². The highest BCUT2D eigenvalue weighted by molar-refractivity contribution is 7.99. The van der Waals surface area contributed by atoms with Crippen LogP contribution in [0.1, 0.15) is 24.0 Å². The Morgan fingerprint density at radius 2 is 1.81 bits per heavy atom. The zero-order valence-electron chi connectivity index (χ0n) is 17.8. The summed E-state index contributed by atoms with van der Waals surface area (Å²) in [4.78, 5) is 15.8. The predicted molar refractivity (Wildman–Crippen MR) is 126 cm³/mol. The molecule has 4 rings (SSSR count). The van der Waals surface area contributed by atoms with Crippen molar-refractivity contribution in [2.45, 2.75) is 37.2 Å². The second-order valence-corrected chi connectivity index (χ2v) is 11.2. The third kappa shape index (κ3) is 4.98. The minimum atomic E-state index is -3.70. The second kappa shape index (κ2) is 9.73. The molecule has 2 aliphatic rings. The van der Waals surface area contributed by atoms with Gasteiger partial charge in [0.2, 0.25) is 15.9 Å². The average Bonchev–Trinajstić information content (AvgIpc) is 3.29. The summed E-state index contributed by atoms with van der Waals surface area (Å²) in [6.45, 7) is 5.41. The van der Waals surface area contributed by atoms with Crippen LogP contribution in [-0.2, 0) is 21.4 Å². The number of rotatable bonds is 6. The molecule has 1 amide bonds. The molecule has 2 aromatic rings. The topological polar surface area (TPSA) is 69.7 Å². The van der Waals surface area contributed by atoms with Crippen LogP contribution in [0.3, 0.4) is 0 Å². The van der Waals surface area contributed by atoms with E-state index in [4.69, 9.17) is 0 Å². The van der Waals surface area contributed by atoms with Gasteiger partial charge in [0.1, 0.15) is 6.04 Å². The molecule has 166 valence electrons. The predicted octanol–water partition coefficient (Wildman–Crippen LogP) is 3.34. The Morgan fingerprint density at radius 3 is 2.55 bits per heavy atom. The Kier molecular flexibility index (Phi) is 7.01. The van der Waals surface area contributed by atoms with Crippen molar-refractivity contribution < 1.29 is 13.2 Å². The molecule has 2 fully saturated rings. The van der Waals surface area contributed by atoms with Gasteiger partial charge in [0.05, 0.1) is 4.90 Å². The zero-order chi connectivity index (χ0) is 21.8. The normalized spacial score (nSPS) is 20.6. The van der Waals surface area contributed by atoms with E-state index in [1.807, 2.05) is 30.8 Å². The van der Waals surface area contributed by atoms with E-state index in [0.29, 0.717) is 19.4 Å². The SMILES string of the molecule is Cc1c(CN2CCSCC2)cccc1NC(=O)C1CCCN1S(=O)(=O)c1ccccc1. The second-order valence-electron chi connectivity index (χ2n) is 8.05. The van der Waals surface area contributed by atoms with Gasteiger partial charge in [-0.25, -0.2) is 8.42 Å². The summed E-state index contributed by atoms with van der Waals surface area (Å²) in [6.07, 6.45) is 1.21. The molecule has 2 aromatic carbocycles. The summed E-state index contributed by atoms with van der Waals surface area (Å²) in [6, 6.07) is 13.6. The van der Waals surface area contributed by atoms with Gasteiger partial charge in [-0.15, -0.1) is 0 Å². The Bertz CT molecular complexity index is 1020. The monoisotopic (exact) mass is 459 g/mol. The number of anilines is 1. The first-order valence-corrected chi connectivity index (χ1v) is 13.3. The van der Waals surface area contributed by atoms with E-state index in [1.165, 1.54) is 9.87 Å². The molecule has 0 saturated carbocycles. The number of thioether (sulfide) groups is 1. The highest BCUT2D eigenvalue weighted by Crippen LogP contribution is 2.28. The number of carbonyl (C=O) groups excluding carboxylic acids is 1. The van der Waals surface area contributed by atoms with Gasteiger partial charge in [0.25, 0.3) is 0 Å². The molecule has 0 bridgehead atoms. The maximum atomic E-state index is 13.1. The molecular formula is C23H29N3O3S2. The van der Waals surface area contributed by atoms with Gasteiger partial charge >= 0.3 is 0 Å². The lowest BCUT2D eigenvalue weighted by molar-refractivity contribution is -0.119. The van der Waals surface area contributed by atoms with Gasteiger partial charge in [-0.2, -0.15) is 16.1 Å². The standard InChI is InChI=1S/C23H29N3O3S2/c1-18-19(17-25-13-15-30-16-14-25)7-5-10-21(18)24-23(27)22-11-6-12-26(22)31(28,29)20-8-3-2-4-9-20/h2-5,7-10,22H,6,11-17H2,1H3,(H,24,27). The zero-order valence-corrected chi connectivity index (χ0v) is 19.4. The van der Waals surface area contributed by atoms with Crippen molar-refractivity contribution in [1.82, 2.24) is 9.21 Å². The molecule has 0 aliphatic carbocycles. The molecule has 8 heteroatoms. The highest BCUT2D eigenvalue weighted by Gasteiger charge is 2.39. The molecule has 1 atom stereocenters. The first-order chi connectivity index (χ1) is 15.0. The number of benzene rings is 2. The van der Waals surface area contributed by atoms with Crippen molar-refractivity contribution in [3.05, 3.63) is 59.7 Å². The van der Waals surface area contributed by atoms with Crippen molar-refractivity contribution in [3.8, 4) is 0 Å². The molecule has 0 spiro atoms. The van der Waals surface area contributed by atoms with Crippen molar-refractivity contribution in [1.29, 1.82) is 0 Å². The average molecular weight is 460 g/mol. The largest absolute Gasteiger partial charge is 0.324 e. The molecule has 2 heterocycles. The summed E-state index contributed by atoms with van der Waals surface area (Å²) in [7, 11) is -3.70. The van der Waals surface area contributed by atoms with E-state index in [0.717, 1.165) is 42.4 Å². The summed E-state index contributed by atoms with van der Waals surface area (Å²) < 4.78 is 27.5. The molecular weight excluding hydrogens is 430 g/mol. The molecule has 1 unspecified atom stereocenters. The van der Waals surface area contributed by atoms with Crippen LogP contribution in [0.4, 0.5) is 5.69 Å².